The van der Waals surface area contributed by atoms with E-state index >= 15 is 0 Å². The minimum atomic E-state index is 0.0236. The summed E-state index contributed by atoms with van der Waals surface area (Å²) >= 11 is 1.67. The van der Waals surface area contributed by atoms with Crippen LogP contribution in [0.15, 0.2) is 42.5 Å². The highest BCUT2D eigenvalue weighted by molar-refractivity contribution is 7.22. The Hall–Kier alpha value is -2.80. The maximum atomic E-state index is 12.6. The van der Waals surface area contributed by atoms with Crippen molar-refractivity contribution in [3.8, 4) is 11.5 Å². The topological polar surface area (TPSA) is 54.9 Å². The molecule has 7 heteroatoms. The number of fused-ring (bicyclic) bond motifs is 1. The molecule has 0 radical (unpaired) electrons. The number of ether oxygens (including phenoxy) is 2. The van der Waals surface area contributed by atoms with E-state index in [0.717, 1.165) is 39.9 Å². The van der Waals surface area contributed by atoms with Gasteiger partial charge in [0.05, 0.1) is 11.3 Å². The van der Waals surface area contributed by atoms with Gasteiger partial charge in [-0.2, -0.15) is 0 Å². The zero-order valence-electron chi connectivity index (χ0n) is 18.3. The van der Waals surface area contributed by atoms with Crippen molar-refractivity contribution in [3.63, 3.8) is 0 Å². The van der Waals surface area contributed by atoms with Crippen molar-refractivity contribution in [1.82, 2.24) is 9.88 Å². The summed E-state index contributed by atoms with van der Waals surface area (Å²) in [6, 6.07) is 14.0. The Bertz CT molecular complexity index is 1020. The second kappa shape index (κ2) is 9.56. The molecule has 6 nitrogen and oxygen atoms in total. The molecule has 2 aromatic carbocycles. The SMILES string of the molecule is CCOc1cccc2sc(N3CCN(C(=O)COc4ccc(C(C)C)cc4)CC3)nc12. The molecule has 0 aliphatic carbocycles. The molecule has 2 heterocycles. The molecule has 1 saturated heterocycles. The van der Waals surface area contributed by atoms with Crippen molar-refractivity contribution in [1.29, 1.82) is 0 Å². The summed E-state index contributed by atoms with van der Waals surface area (Å²) in [7, 11) is 0. The predicted molar refractivity (Wildman–Crippen MR) is 126 cm³/mol. The summed E-state index contributed by atoms with van der Waals surface area (Å²) in [5, 5.41) is 0.982. The molecular weight excluding hydrogens is 410 g/mol. The number of thiazole rings is 1. The van der Waals surface area contributed by atoms with Gasteiger partial charge in [0, 0.05) is 26.2 Å². The summed E-state index contributed by atoms with van der Waals surface area (Å²) in [5.41, 5.74) is 2.18. The smallest absolute Gasteiger partial charge is 0.260 e. The molecule has 4 rings (SSSR count). The third kappa shape index (κ3) is 4.93. The van der Waals surface area contributed by atoms with E-state index in [1.54, 1.807) is 11.3 Å². The van der Waals surface area contributed by atoms with E-state index in [-0.39, 0.29) is 12.5 Å². The number of carbonyl (C=O) groups excluding carboxylic acids is 1. The zero-order chi connectivity index (χ0) is 21.8. The summed E-state index contributed by atoms with van der Waals surface area (Å²) in [5.74, 6) is 2.06. The van der Waals surface area contributed by atoms with Crippen LogP contribution in [0.25, 0.3) is 10.2 Å². The van der Waals surface area contributed by atoms with E-state index in [1.165, 1.54) is 5.56 Å². The van der Waals surface area contributed by atoms with Gasteiger partial charge in [-0.3, -0.25) is 4.79 Å². The molecule has 0 atom stereocenters. The fraction of sp³-hybridized carbons (Fsp3) is 0.417. The molecule has 3 aromatic rings. The van der Waals surface area contributed by atoms with Crippen LogP contribution in [0.3, 0.4) is 0 Å². The molecule has 1 fully saturated rings. The molecular formula is C24H29N3O3S. The molecule has 0 bridgehead atoms. The van der Waals surface area contributed by atoms with Gasteiger partial charge in [-0.15, -0.1) is 0 Å². The fourth-order valence-electron chi connectivity index (χ4n) is 3.65. The lowest BCUT2D eigenvalue weighted by Gasteiger charge is -2.34. The van der Waals surface area contributed by atoms with Gasteiger partial charge >= 0.3 is 0 Å². The standard InChI is InChI=1S/C24H29N3O3S/c1-4-29-20-6-5-7-21-23(20)25-24(31-21)27-14-12-26(13-15-27)22(28)16-30-19-10-8-18(9-11-19)17(2)3/h5-11,17H,4,12-16H2,1-3H3. The van der Waals surface area contributed by atoms with Crippen LogP contribution in [0, 0.1) is 0 Å². The lowest BCUT2D eigenvalue weighted by molar-refractivity contribution is -0.133. The van der Waals surface area contributed by atoms with Crippen molar-refractivity contribution in [3.05, 3.63) is 48.0 Å². The van der Waals surface area contributed by atoms with Crippen molar-refractivity contribution in [2.45, 2.75) is 26.7 Å². The minimum Gasteiger partial charge on any atom is -0.492 e. The lowest BCUT2D eigenvalue weighted by Crippen LogP contribution is -2.50. The van der Waals surface area contributed by atoms with Crippen LogP contribution in [0.2, 0.25) is 0 Å². The normalized spacial score (nSPS) is 14.3. The molecule has 1 aliphatic rings. The van der Waals surface area contributed by atoms with Crippen molar-refractivity contribution >= 4 is 32.6 Å². The average Bonchev–Trinajstić information content (AvgIpc) is 3.23. The Balaban J connectivity index is 1.31. The molecule has 31 heavy (non-hydrogen) atoms. The van der Waals surface area contributed by atoms with Crippen molar-refractivity contribution < 1.29 is 14.3 Å². The molecule has 0 spiro atoms. The molecule has 164 valence electrons. The second-order valence-electron chi connectivity index (χ2n) is 7.91. The number of piperazine rings is 1. The molecule has 0 N–H and O–H groups in total. The Kier molecular flexibility index (Phi) is 6.61. The van der Waals surface area contributed by atoms with Crippen molar-refractivity contribution in [2.75, 3.05) is 44.3 Å². The first-order chi connectivity index (χ1) is 15.0. The van der Waals surface area contributed by atoms with Gasteiger partial charge in [-0.1, -0.05) is 43.4 Å². The van der Waals surface area contributed by atoms with Crippen LogP contribution in [-0.2, 0) is 4.79 Å². The van der Waals surface area contributed by atoms with Crippen molar-refractivity contribution in [2.24, 2.45) is 0 Å². The van der Waals surface area contributed by atoms with E-state index in [0.29, 0.717) is 25.6 Å². The maximum absolute atomic E-state index is 12.6. The number of rotatable bonds is 7. The molecule has 0 unspecified atom stereocenters. The third-order valence-corrected chi connectivity index (χ3v) is 6.56. The maximum Gasteiger partial charge on any atom is 0.260 e. The number of nitrogens with zero attached hydrogens (tertiary/aromatic N) is 3. The van der Waals surface area contributed by atoms with E-state index < -0.39 is 0 Å². The number of anilines is 1. The van der Waals surface area contributed by atoms with Crippen LogP contribution >= 0.6 is 11.3 Å². The van der Waals surface area contributed by atoms with Crippen LogP contribution in [0.1, 0.15) is 32.3 Å². The van der Waals surface area contributed by atoms with E-state index in [2.05, 4.69) is 36.9 Å². The van der Waals surface area contributed by atoms with E-state index in [4.69, 9.17) is 14.5 Å². The molecule has 1 aromatic heterocycles. The quantitative estimate of drug-likeness (QED) is 0.541. The van der Waals surface area contributed by atoms with Crippen LogP contribution in [-0.4, -0.2) is 55.2 Å². The lowest BCUT2D eigenvalue weighted by atomic mass is 10.0. The Morgan fingerprint density at radius 2 is 1.81 bits per heavy atom. The van der Waals surface area contributed by atoms with E-state index in [1.807, 2.05) is 36.1 Å². The zero-order valence-corrected chi connectivity index (χ0v) is 19.2. The highest BCUT2D eigenvalue weighted by Gasteiger charge is 2.24. The van der Waals surface area contributed by atoms with Gasteiger partial charge in [-0.25, -0.2) is 4.98 Å². The highest BCUT2D eigenvalue weighted by atomic mass is 32.1. The number of carbonyl (C=O) groups is 1. The molecule has 1 aliphatic heterocycles. The van der Waals surface area contributed by atoms with Crippen LogP contribution < -0.4 is 14.4 Å². The number of aromatic nitrogens is 1. The first-order valence-electron chi connectivity index (χ1n) is 10.8. The fourth-order valence-corrected chi connectivity index (χ4v) is 4.69. The number of amides is 1. The van der Waals surface area contributed by atoms with Crippen LogP contribution in [0.5, 0.6) is 11.5 Å². The number of hydrogen-bond donors (Lipinski definition) is 0. The third-order valence-electron chi connectivity index (χ3n) is 5.48. The predicted octanol–water partition coefficient (Wildman–Crippen LogP) is 4.55. The number of para-hydroxylation sites is 1. The van der Waals surface area contributed by atoms with Gasteiger partial charge in [0.15, 0.2) is 11.7 Å². The van der Waals surface area contributed by atoms with Gasteiger partial charge in [0.1, 0.15) is 17.0 Å². The summed E-state index contributed by atoms with van der Waals surface area (Å²) in [6.07, 6.45) is 0. The van der Waals surface area contributed by atoms with Gasteiger partial charge in [-0.05, 0) is 42.7 Å². The van der Waals surface area contributed by atoms with Crippen LogP contribution in [0.4, 0.5) is 5.13 Å². The first kappa shape index (κ1) is 21.4. The summed E-state index contributed by atoms with van der Waals surface area (Å²) in [4.78, 5) is 21.5. The molecule has 1 amide bonds. The monoisotopic (exact) mass is 439 g/mol. The molecule has 0 saturated carbocycles. The Labute approximate surface area is 187 Å². The summed E-state index contributed by atoms with van der Waals surface area (Å²) < 4.78 is 12.5. The van der Waals surface area contributed by atoms with Gasteiger partial charge in [0.2, 0.25) is 0 Å². The number of hydrogen-bond acceptors (Lipinski definition) is 6. The Morgan fingerprint density at radius 3 is 2.48 bits per heavy atom. The highest BCUT2D eigenvalue weighted by Crippen LogP contribution is 2.34. The van der Waals surface area contributed by atoms with Gasteiger partial charge < -0.3 is 19.3 Å². The minimum absolute atomic E-state index is 0.0236. The van der Waals surface area contributed by atoms with Gasteiger partial charge in [0.25, 0.3) is 5.91 Å². The second-order valence-corrected chi connectivity index (χ2v) is 8.92. The first-order valence-corrected chi connectivity index (χ1v) is 11.6. The Morgan fingerprint density at radius 1 is 1.06 bits per heavy atom. The van der Waals surface area contributed by atoms with E-state index in [9.17, 15) is 4.79 Å². The average molecular weight is 440 g/mol. The number of benzene rings is 2. The largest absolute Gasteiger partial charge is 0.492 e. The summed E-state index contributed by atoms with van der Waals surface area (Å²) in [6.45, 7) is 9.85.